The molecule has 0 spiro atoms. The molecule has 0 aromatic carbocycles. The first-order valence-corrected chi connectivity index (χ1v) is 9.90. The maximum atomic E-state index is 12.6. The van der Waals surface area contributed by atoms with E-state index in [9.17, 15) is 13.2 Å². The summed E-state index contributed by atoms with van der Waals surface area (Å²) in [6.45, 7) is 4.33. The Morgan fingerprint density at radius 2 is 2.03 bits per heavy atom. The minimum absolute atomic E-state index is 0. The fourth-order valence-electron chi connectivity index (χ4n) is 2.18. The normalized spacial score (nSPS) is 11.7. The Hall–Kier alpha value is -1.67. The molecule has 0 saturated carbocycles. The molecule has 0 bridgehead atoms. The number of aliphatic imine (C=N–C) groups is 1. The molecule has 0 atom stereocenters. The van der Waals surface area contributed by atoms with Crippen LogP contribution < -0.4 is 15.4 Å². The van der Waals surface area contributed by atoms with Gasteiger partial charge in [0, 0.05) is 44.3 Å². The Bertz CT molecular complexity index is 772. The van der Waals surface area contributed by atoms with E-state index in [2.05, 4.69) is 25.6 Å². The first-order valence-electron chi connectivity index (χ1n) is 9.02. The monoisotopic (exact) mass is 559 g/mol. The number of halogens is 4. The number of rotatable bonds is 10. The summed E-state index contributed by atoms with van der Waals surface area (Å²) >= 11 is 1.00. The highest BCUT2D eigenvalue weighted by molar-refractivity contribution is 14.0. The molecule has 2 aromatic heterocycles. The second kappa shape index (κ2) is 13.6. The van der Waals surface area contributed by atoms with Gasteiger partial charge in [0.05, 0.1) is 18.2 Å². The molecular formula is C18H25F3IN5O2S. The van der Waals surface area contributed by atoms with E-state index >= 15 is 0 Å². The fraction of sp³-hybridized carbons (Fsp3) is 0.500. The van der Waals surface area contributed by atoms with Crippen molar-refractivity contribution in [3.05, 3.63) is 40.0 Å². The molecule has 30 heavy (non-hydrogen) atoms. The predicted molar refractivity (Wildman–Crippen MR) is 121 cm³/mol. The van der Waals surface area contributed by atoms with Gasteiger partial charge in [-0.3, -0.25) is 0 Å². The van der Waals surface area contributed by atoms with E-state index in [1.54, 1.807) is 19.4 Å². The third kappa shape index (κ3) is 9.43. The second-order valence-corrected chi connectivity index (χ2v) is 6.78. The van der Waals surface area contributed by atoms with E-state index in [1.807, 2.05) is 13.0 Å². The third-order valence-electron chi connectivity index (χ3n) is 3.57. The van der Waals surface area contributed by atoms with E-state index < -0.39 is 11.9 Å². The Labute approximate surface area is 194 Å². The Morgan fingerprint density at radius 1 is 1.23 bits per heavy atom. The highest BCUT2D eigenvalue weighted by atomic mass is 127. The minimum Gasteiger partial charge on any atom is -0.475 e. The molecule has 0 radical (unpaired) electrons. The Balaban J connectivity index is 0.00000450. The van der Waals surface area contributed by atoms with Crippen molar-refractivity contribution in [2.45, 2.75) is 26.1 Å². The highest BCUT2D eigenvalue weighted by Crippen LogP contribution is 2.29. The fourth-order valence-corrected chi connectivity index (χ4v) is 2.98. The van der Waals surface area contributed by atoms with Gasteiger partial charge in [0.2, 0.25) is 5.88 Å². The average molecular weight is 559 g/mol. The summed E-state index contributed by atoms with van der Waals surface area (Å²) in [5.41, 5.74) is 0.0521. The Kier molecular flexibility index (Phi) is 11.9. The van der Waals surface area contributed by atoms with E-state index in [0.717, 1.165) is 22.3 Å². The molecule has 2 N–H and O–H groups in total. The smallest absolute Gasteiger partial charge is 0.434 e. The molecule has 2 heterocycles. The number of hydrogen-bond donors (Lipinski definition) is 2. The van der Waals surface area contributed by atoms with Crippen LogP contribution in [0.4, 0.5) is 13.2 Å². The highest BCUT2D eigenvalue weighted by Gasteiger charge is 2.33. The number of ether oxygens (including phenoxy) is 2. The number of aromatic nitrogens is 2. The first-order chi connectivity index (χ1) is 13.9. The van der Waals surface area contributed by atoms with Crippen LogP contribution in [-0.4, -0.2) is 49.3 Å². The van der Waals surface area contributed by atoms with E-state index in [0.29, 0.717) is 56.1 Å². The number of pyridine rings is 1. The zero-order valence-electron chi connectivity index (χ0n) is 16.7. The number of thiazole rings is 1. The molecular weight excluding hydrogens is 534 g/mol. The minimum atomic E-state index is -4.41. The van der Waals surface area contributed by atoms with Gasteiger partial charge in [0.1, 0.15) is 6.61 Å². The van der Waals surface area contributed by atoms with E-state index in [1.165, 1.54) is 0 Å². The van der Waals surface area contributed by atoms with Crippen LogP contribution in [-0.2, 0) is 23.9 Å². The van der Waals surface area contributed by atoms with Gasteiger partial charge in [-0.25, -0.2) is 15.0 Å². The summed E-state index contributed by atoms with van der Waals surface area (Å²) in [6.07, 6.45) is -2.35. The quantitative estimate of drug-likeness (QED) is 0.201. The molecule has 0 saturated heterocycles. The van der Waals surface area contributed by atoms with Gasteiger partial charge < -0.3 is 20.1 Å². The van der Waals surface area contributed by atoms with Gasteiger partial charge >= 0.3 is 6.18 Å². The summed E-state index contributed by atoms with van der Waals surface area (Å²) in [6, 6.07) is 3.64. The van der Waals surface area contributed by atoms with E-state index in [4.69, 9.17) is 9.47 Å². The zero-order valence-corrected chi connectivity index (χ0v) is 19.8. The van der Waals surface area contributed by atoms with Crippen molar-refractivity contribution < 1.29 is 22.6 Å². The SMILES string of the molecule is CCNC(=NCc1ccc(OCCOC)nc1)NCCc1nc(C(F)(F)F)cs1.I. The van der Waals surface area contributed by atoms with Crippen molar-refractivity contribution in [3.63, 3.8) is 0 Å². The summed E-state index contributed by atoms with van der Waals surface area (Å²) < 4.78 is 48.1. The van der Waals surface area contributed by atoms with Gasteiger partial charge in [-0.05, 0) is 12.5 Å². The summed E-state index contributed by atoms with van der Waals surface area (Å²) in [7, 11) is 1.60. The molecule has 2 rings (SSSR count). The van der Waals surface area contributed by atoms with Gasteiger partial charge in [-0.15, -0.1) is 35.3 Å². The van der Waals surface area contributed by atoms with Crippen LogP contribution in [0.2, 0.25) is 0 Å². The number of nitrogens with one attached hydrogen (secondary N) is 2. The molecule has 0 aliphatic rings. The van der Waals surface area contributed by atoms with Crippen LogP contribution in [0.5, 0.6) is 5.88 Å². The van der Waals surface area contributed by atoms with Crippen LogP contribution in [0.25, 0.3) is 0 Å². The van der Waals surface area contributed by atoms with Crippen molar-refractivity contribution in [1.82, 2.24) is 20.6 Å². The van der Waals surface area contributed by atoms with Gasteiger partial charge in [-0.2, -0.15) is 13.2 Å². The van der Waals surface area contributed by atoms with Crippen LogP contribution in [0.3, 0.4) is 0 Å². The van der Waals surface area contributed by atoms with Crippen molar-refractivity contribution in [2.75, 3.05) is 33.4 Å². The lowest BCUT2D eigenvalue weighted by molar-refractivity contribution is -0.140. The lowest BCUT2D eigenvalue weighted by Gasteiger charge is -2.11. The zero-order chi connectivity index (χ0) is 21.1. The topological polar surface area (TPSA) is 80.7 Å². The van der Waals surface area contributed by atoms with Crippen LogP contribution in [0, 0.1) is 0 Å². The standard InChI is InChI=1S/C18H24F3N5O2S.HI/c1-3-22-17(23-7-6-16-26-14(12-29-16)18(19,20)21)25-11-13-4-5-15(24-10-13)28-9-8-27-2;/h4-5,10,12H,3,6-9,11H2,1-2H3,(H2,22,23,25);1H. The maximum absolute atomic E-state index is 12.6. The van der Waals surface area contributed by atoms with Gasteiger partial charge in [-0.1, -0.05) is 6.07 Å². The molecule has 0 aliphatic carbocycles. The van der Waals surface area contributed by atoms with E-state index in [-0.39, 0.29) is 24.0 Å². The van der Waals surface area contributed by atoms with Crippen molar-refractivity contribution in [1.29, 1.82) is 0 Å². The third-order valence-corrected chi connectivity index (χ3v) is 4.48. The van der Waals surface area contributed by atoms with Crippen molar-refractivity contribution in [2.24, 2.45) is 4.99 Å². The number of methoxy groups -OCH3 is 1. The van der Waals surface area contributed by atoms with Crippen LogP contribution >= 0.6 is 35.3 Å². The summed E-state index contributed by atoms with van der Waals surface area (Å²) in [5.74, 6) is 1.09. The van der Waals surface area contributed by atoms with Gasteiger partial charge in [0.25, 0.3) is 0 Å². The number of guanidine groups is 1. The molecule has 12 heteroatoms. The first kappa shape index (κ1) is 26.4. The number of hydrogen-bond acceptors (Lipinski definition) is 6. The molecule has 168 valence electrons. The molecule has 0 aliphatic heterocycles. The average Bonchev–Trinajstić information content (AvgIpc) is 3.17. The molecule has 0 fully saturated rings. The summed E-state index contributed by atoms with van der Waals surface area (Å²) in [5, 5.41) is 7.65. The number of alkyl halides is 3. The summed E-state index contributed by atoms with van der Waals surface area (Å²) in [4.78, 5) is 12.3. The van der Waals surface area contributed by atoms with Crippen molar-refractivity contribution >= 4 is 41.3 Å². The van der Waals surface area contributed by atoms with Crippen molar-refractivity contribution in [3.8, 4) is 5.88 Å². The predicted octanol–water partition coefficient (Wildman–Crippen LogP) is 3.50. The largest absolute Gasteiger partial charge is 0.475 e. The maximum Gasteiger partial charge on any atom is 0.434 e. The Morgan fingerprint density at radius 3 is 2.63 bits per heavy atom. The lowest BCUT2D eigenvalue weighted by atomic mass is 10.3. The molecule has 0 amide bonds. The molecule has 2 aromatic rings. The molecule has 0 unspecified atom stereocenters. The molecule has 7 nitrogen and oxygen atoms in total. The van der Waals surface area contributed by atoms with Crippen LogP contribution in [0.1, 0.15) is 23.2 Å². The lowest BCUT2D eigenvalue weighted by Crippen LogP contribution is -2.38. The second-order valence-electron chi connectivity index (χ2n) is 5.84. The number of nitrogens with zero attached hydrogens (tertiary/aromatic N) is 3. The van der Waals surface area contributed by atoms with Gasteiger partial charge in [0.15, 0.2) is 11.7 Å². The van der Waals surface area contributed by atoms with Crippen LogP contribution in [0.15, 0.2) is 28.7 Å².